The Labute approximate surface area is 161 Å². The van der Waals surface area contributed by atoms with Gasteiger partial charge in [0.25, 0.3) is 5.69 Å². The van der Waals surface area contributed by atoms with Crippen LogP contribution in [0.2, 0.25) is 5.02 Å². The minimum Gasteiger partial charge on any atom is -0.482 e. The minimum absolute atomic E-state index is 0.0394. The van der Waals surface area contributed by atoms with Crippen LogP contribution in [0.4, 0.5) is 11.5 Å². The number of aromatic nitrogens is 1. The summed E-state index contributed by atoms with van der Waals surface area (Å²) in [5.41, 5.74) is -0.0394. The van der Waals surface area contributed by atoms with Gasteiger partial charge in [-0.15, -0.1) is 0 Å². The highest BCUT2D eigenvalue weighted by atomic mass is 35.5. The summed E-state index contributed by atoms with van der Waals surface area (Å²) in [5.74, 6) is 0.729. The Balaban J connectivity index is 1.49. The second-order valence-electron chi connectivity index (χ2n) is 5.61. The Hall–Kier alpha value is -2.87. The molecule has 27 heavy (non-hydrogen) atoms. The van der Waals surface area contributed by atoms with Gasteiger partial charge < -0.3 is 14.8 Å². The lowest BCUT2D eigenvalue weighted by Gasteiger charge is -2.08. The van der Waals surface area contributed by atoms with Crippen molar-refractivity contribution in [3.63, 3.8) is 0 Å². The number of pyridine rings is 1. The van der Waals surface area contributed by atoms with Crippen molar-refractivity contribution >= 4 is 29.1 Å². The lowest BCUT2D eigenvalue weighted by molar-refractivity contribution is -0.385. The number of halogens is 1. The zero-order chi connectivity index (χ0) is 19.5. The number of nitrogens with zero attached hydrogens (tertiary/aromatic N) is 2. The summed E-state index contributed by atoms with van der Waals surface area (Å²) in [6.45, 7) is 0.867. The molecule has 0 atom stereocenters. The average molecular weight is 394 g/mol. The van der Waals surface area contributed by atoms with Gasteiger partial charge in [-0.1, -0.05) is 11.6 Å². The molecule has 144 valence electrons. The molecule has 2 aromatic rings. The van der Waals surface area contributed by atoms with Crippen molar-refractivity contribution in [1.82, 2.24) is 4.98 Å². The van der Waals surface area contributed by atoms with E-state index in [1.807, 2.05) is 0 Å². The van der Waals surface area contributed by atoms with E-state index in [4.69, 9.17) is 21.1 Å². The average Bonchev–Trinajstić information content (AvgIpc) is 2.67. The predicted octanol–water partition coefficient (Wildman–Crippen LogP) is 3.85. The molecule has 8 nitrogen and oxygen atoms in total. The normalized spacial score (nSPS) is 10.3. The lowest BCUT2D eigenvalue weighted by atomic mass is 10.2. The molecule has 0 saturated heterocycles. The molecule has 0 aliphatic heterocycles. The first-order valence-corrected chi connectivity index (χ1v) is 8.81. The topological polar surface area (TPSA) is 104 Å². The monoisotopic (exact) mass is 393 g/mol. The van der Waals surface area contributed by atoms with Crippen LogP contribution in [0.5, 0.6) is 5.75 Å². The number of nitro groups is 1. The zero-order valence-corrected chi connectivity index (χ0v) is 15.4. The van der Waals surface area contributed by atoms with Crippen LogP contribution in [0.3, 0.4) is 0 Å². The van der Waals surface area contributed by atoms with Crippen LogP contribution >= 0.6 is 11.6 Å². The van der Waals surface area contributed by atoms with E-state index in [1.165, 1.54) is 12.3 Å². The lowest BCUT2D eigenvalue weighted by Crippen LogP contribution is -2.15. The number of carbonyl (C=O) groups is 1. The number of carbonyl (C=O) groups excluding carboxylic acids is 1. The highest BCUT2D eigenvalue weighted by molar-refractivity contribution is 6.30. The molecule has 0 unspecified atom stereocenters. The van der Waals surface area contributed by atoms with Gasteiger partial charge in [0.05, 0.1) is 11.5 Å². The number of hydrogen-bond acceptors (Lipinski definition) is 7. The van der Waals surface area contributed by atoms with Gasteiger partial charge in [-0.25, -0.2) is 9.78 Å². The van der Waals surface area contributed by atoms with Gasteiger partial charge in [0.15, 0.2) is 6.61 Å². The predicted molar refractivity (Wildman–Crippen MR) is 101 cm³/mol. The second-order valence-corrected chi connectivity index (χ2v) is 6.05. The van der Waals surface area contributed by atoms with Gasteiger partial charge >= 0.3 is 5.97 Å². The van der Waals surface area contributed by atoms with Gasteiger partial charge in [-0.05, 0) is 49.6 Å². The first-order chi connectivity index (χ1) is 13.0. The molecule has 2 rings (SSSR count). The van der Waals surface area contributed by atoms with E-state index >= 15 is 0 Å². The van der Waals surface area contributed by atoms with Gasteiger partial charge in [-0.3, -0.25) is 10.1 Å². The fourth-order valence-corrected chi connectivity index (χ4v) is 2.25. The summed E-state index contributed by atoms with van der Waals surface area (Å²) >= 11 is 5.77. The molecule has 0 aliphatic carbocycles. The smallest absolute Gasteiger partial charge is 0.344 e. The van der Waals surface area contributed by atoms with Crippen LogP contribution in [-0.2, 0) is 9.53 Å². The first-order valence-electron chi connectivity index (χ1n) is 8.43. The van der Waals surface area contributed by atoms with Gasteiger partial charge in [0.2, 0.25) is 0 Å². The molecule has 0 aliphatic rings. The number of nitrogens with one attached hydrogen (secondary N) is 1. The van der Waals surface area contributed by atoms with Gasteiger partial charge in [0.1, 0.15) is 17.8 Å². The highest BCUT2D eigenvalue weighted by Gasteiger charge is 2.05. The number of unbranched alkanes of at least 4 members (excludes halogenated alkanes) is 2. The quantitative estimate of drug-likeness (QED) is 0.267. The van der Waals surface area contributed by atoms with Gasteiger partial charge in [0, 0.05) is 17.6 Å². The molecule has 0 fully saturated rings. The van der Waals surface area contributed by atoms with Crippen molar-refractivity contribution in [2.75, 3.05) is 25.1 Å². The molecule has 9 heteroatoms. The maximum atomic E-state index is 11.6. The summed E-state index contributed by atoms with van der Waals surface area (Å²) in [6.07, 6.45) is 3.68. The van der Waals surface area contributed by atoms with Crippen LogP contribution in [-0.4, -0.2) is 35.6 Å². The number of anilines is 1. The SMILES string of the molecule is O=C(COc1ccc(Cl)cc1)OCCCCCNc1ccc([N+](=O)[O-])cn1. The highest BCUT2D eigenvalue weighted by Crippen LogP contribution is 2.15. The van der Waals surface area contributed by atoms with E-state index in [-0.39, 0.29) is 12.3 Å². The van der Waals surface area contributed by atoms with Crippen molar-refractivity contribution in [3.05, 3.63) is 57.7 Å². The molecular formula is C18H20ClN3O5. The third kappa shape index (κ3) is 7.91. The van der Waals surface area contributed by atoms with Crippen LogP contribution in [0, 0.1) is 10.1 Å². The number of esters is 1. The van der Waals surface area contributed by atoms with Crippen molar-refractivity contribution in [1.29, 1.82) is 0 Å². The Bertz CT molecular complexity index is 738. The maximum Gasteiger partial charge on any atom is 0.344 e. The number of ether oxygens (including phenoxy) is 2. The summed E-state index contributed by atoms with van der Waals surface area (Å²) in [5, 5.41) is 14.2. The standard InChI is InChI=1S/C18H20ClN3O5/c19-14-4-7-16(8-5-14)27-13-18(23)26-11-3-1-2-10-20-17-9-6-15(12-21-17)22(24)25/h4-9,12H,1-3,10-11,13H2,(H,20,21). The third-order valence-corrected chi connectivity index (χ3v) is 3.77. The van der Waals surface area contributed by atoms with Crippen LogP contribution in [0.1, 0.15) is 19.3 Å². The summed E-state index contributed by atoms with van der Waals surface area (Å²) in [4.78, 5) is 25.6. The van der Waals surface area contributed by atoms with E-state index in [1.54, 1.807) is 30.3 Å². The Morgan fingerprint density at radius 2 is 1.93 bits per heavy atom. The summed E-state index contributed by atoms with van der Waals surface area (Å²) in [7, 11) is 0. The van der Waals surface area contributed by atoms with Crippen molar-refractivity contribution < 1.29 is 19.2 Å². The summed E-state index contributed by atoms with van der Waals surface area (Å²) in [6, 6.07) is 9.71. The van der Waals surface area contributed by atoms with E-state index in [2.05, 4.69) is 10.3 Å². The van der Waals surface area contributed by atoms with Crippen LogP contribution in [0.25, 0.3) is 0 Å². The number of rotatable bonds is 11. The van der Waals surface area contributed by atoms with Crippen molar-refractivity contribution in [3.8, 4) is 5.75 Å². The molecule has 0 bridgehead atoms. The molecule has 1 heterocycles. The Morgan fingerprint density at radius 1 is 1.15 bits per heavy atom. The van der Waals surface area contributed by atoms with Crippen molar-refractivity contribution in [2.24, 2.45) is 0 Å². The van der Waals surface area contributed by atoms with Crippen LogP contribution in [0.15, 0.2) is 42.6 Å². The molecule has 0 radical (unpaired) electrons. The first kappa shape index (κ1) is 20.4. The number of hydrogen-bond donors (Lipinski definition) is 1. The van der Waals surface area contributed by atoms with E-state index < -0.39 is 10.9 Å². The fourth-order valence-electron chi connectivity index (χ4n) is 2.12. The molecule has 0 amide bonds. The molecule has 0 spiro atoms. The maximum absolute atomic E-state index is 11.6. The molecular weight excluding hydrogens is 374 g/mol. The van der Waals surface area contributed by atoms with E-state index in [0.29, 0.717) is 29.7 Å². The minimum atomic E-state index is -0.488. The van der Waals surface area contributed by atoms with E-state index in [9.17, 15) is 14.9 Å². The molecule has 1 aromatic heterocycles. The largest absolute Gasteiger partial charge is 0.482 e. The second kappa shape index (κ2) is 11.0. The fraction of sp³-hybridized carbons (Fsp3) is 0.333. The number of benzene rings is 1. The van der Waals surface area contributed by atoms with Crippen LogP contribution < -0.4 is 10.1 Å². The van der Waals surface area contributed by atoms with Gasteiger partial charge in [-0.2, -0.15) is 0 Å². The third-order valence-electron chi connectivity index (χ3n) is 3.52. The Kier molecular flexibility index (Phi) is 8.31. The zero-order valence-electron chi connectivity index (χ0n) is 14.6. The molecule has 0 saturated carbocycles. The molecule has 1 N–H and O–H groups in total. The van der Waals surface area contributed by atoms with E-state index in [0.717, 1.165) is 19.3 Å². The molecule has 1 aromatic carbocycles. The van der Waals surface area contributed by atoms with Crippen molar-refractivity contribution in [2.45, 2.75) is 19.3 Å². The summed E-state index contributed by atoms with van der Waals surface area (Å²) < 4.78 is 10.4. The Morgan fingerprint density at radius 3 is 2.59 bits per heavy atom.